The normalized spacial score (nSPS) is 22.6. The third-order valence-corrected chi connectivity index (χ3v) is 6.97. The quantitative estimate of drug-likeness (QED) is 0.713. The van der Waals surface area contributed by atoms with Gasteiger partial charge in [0.15, 0.2) is 0 Å². The molecular weight excluding hydrogens is 390 g/mol. The summed E-state index contributed by atoms with van der Waals surface area (Å²) >= 11 is 0. The van der Waals surface area contributed by atoms with Crippen LogP contribution >= 0.6 is 0 Å². The highest BCUT2D eigenvalue weighted by atomic mass is 16.5. The molecule has 1 saturated carbocycles. The number of rotatable bonds is 6. The van der Waals surface area contributed by atoms with Gasteiger partial charge < -0.3 is 14.7 Å². The average molecular weight is 424 g/mol. The van der Waals surface area contributed by atoms with Crippen molar-refractivity contribution in [3.05, 3.63) is 35.8 Å². The lowest BCUT2D eigenvalue weighted by Crippen LogP contribution is -2.38. The summed E-state index contributed by atoms with van der Waals surface area (Å²) in [6.07, 6.45) is 8.31. The lowest BCUT2D eigenvalue weighted by Gasteiger charge is -2.40. The Labute approximate surface area is 184 Å². The monoisotopic (exact) mass is 423 g/mol. The van der Waals surface area contributed by atoms with Gasteiger partial charge in [-0.2, -0.15) is 0 Å². The minimum absolute atomic E-state index is 0.0390. The lowest BCUT2D eigenvalue weighted by molar-refractivity contribution is -0.136. The predicted molar refractivity (Wildman–Crippen MR) is 122 cm³/mol. The van der Waals surface area contributed by atoms with Crippen molar-refractivity contribution in [2.45, 2.75) is 65.9 Å². The number of carboxylic acid groups (broad SMARTS) is 1. The van der Waals surface area contributed by atoms with Gasteiger partial charge in [0.1, 0.15) is 11.9 Å². The van der Waals surface area contributed by atoms with E-state index in [0.717, 1.165) is 66.3 Å². The van der Waals surface area contributed by atoms with E-state index in [0.29, 0.717) is 11.3 Å². The molecule has 2 atom stereocenters. The Hall–Kier alpha value is -2.63. The van der Waals surface area contributed by atoms with Crippen LogP contribution in [0.4, 0.5) is 5.69 Å². The molecule has 2 aliphatic rings. The third-order valence-electron chi connectivity index (χ3n) is 6.97. The molecule has 0 spiro atoms. The zero-order chi connectivity index (χ0) is 22.2. The Morgan fingerprint density at radius 3 is 2.48 bits per heavy atom. The fourth-order valence-electron chi connectivity index (χ4n) is 4.48. The van der Waals surface area contributed by atoms with Gasteiger partial charge >= 0.3 is 5.97 Å². The lowest BCUT2D eigenvalue weighted by atomic mass is 9.82. The van der Waals surface area contributed by atoms with E-state index in [1.165, 1.54) is 6.42 Å². The maximum Gasteiger partial charge on any atom is 0.307 e. The van der Waals surface area contributed by atoms with Crippen molar-refractivity contribution in [2.24, 2.45) is 11.3 Å². The number of hydrogen-bond acceptors (Lipinski definition) is 5. The minimum atomic E-state index is -0.841. The van der Waals surface area contributed by atoms with Crippen LogP contribution in [0.1, 0.15) is 57.7 Å². The summed E-state index contributed by atoms with van der Waals surface area (Å²) < 4.78 is 6.05. The molecule has 2 unspecified atom stereocenters. The SMILES string of the molecule is Cc1ncc(-c2ccc(OC3CCC3C)cn2)c(N2CCC(C)(C)CC2)c1CC(=O)O. The zero-order valence-electron chi connectivity index (χ0n) is 19.0. The molecular formula is C25H33N3O3. The standard InChI is InChI=1S/C25H33N3O3/c1-16-5-8-22(16)31-18-6-7-21(27-14-18)20-15-26-17(2)19(13-23(29)30)24(20)28-11-9-25(3,4)10-12-28/h6-7,14-16,22H,5,8-13H2,1-4H3,(H,29,30). The first kappa shape index (κ1) is 21.6. The first-order valence-corrected chi connectivity index (χ1v) is 11.3. The summed E-state index contributed by atoms with van der Waals surface area (Å²) in [4.78, 5) is 23.2. The average Bonchev–Trinajstić information content (AvgIpc) is 2.73. The van der Waals surface area contributed by atoms with Gasteiger partial charge in [-0.25, -0.2) is 0 Å². The Bertz CT molecular complexity index is 945. The number of piperidine rings is 1. The molecule has 0 aromatic carbocycles. The van der Waals surface area contributed by atoms with E-state index >= 15 is 0 Å². The van der Waals surface area contributed by atoms with Crippen molar-refractivity contribution in [3.8, 4) is 17.0 Å². The molecule has 1 aliphatic heterocycles. The van der Waals surface area contributed by atoms with Crippen LogP contribution in [0, 0.1) is 18.3 Å². The summed E-state index contributed by atoms with van der Waals surface area (Å²) in [6.45, 7) is 10.5. The number of pyridine rings is 2. The molecule has 2 aromatic heterocycles. The fraction of sp³-hybridized carbons (Fsp3) is 0.560. The molecule has 0 amide bonds. The van der Waals surface area contributed by atoms with Crippen LogP contribution < -0.4 is 9.64 Å². The van der Waals surface area contributed by atoms with Crippen molar-refractivity contribution < 1.29 is 14.6 Å². The van der Waals surface area contributed by atoms with Crippen LogP contribution in [0.25, 0.3) is 11.3 Å². The van der Waals surface area contributed by atoms with E-state index in [-0.39, 0.29) is 12.5 Å². The van der Waals surface area contributed by atoms with Crippen LogP contribution in [-0.4, -0.2) is 40.2 Å². The predicted octanol–water partition coefficient (Wildman–Crippen LogP) is 4.88. The Kier molecular flexibility index (Phi) is 5.91. The molecule has 4 rings (SSSR count). The second kappa shape index (κ2) is 8.48. The Morgan fingerprint density at radius 1 is 1.19 bits per heavy atom. The maximum absolute atomic E-state index is 11.6. The van der Waals surface area contributed by atoms with E-state index in [2.05, 4.69) is 35.6 Å². The number of aliphatic carboxylic acids is 1. The number of anilines is 1. The molecule has 6 nitrogen and oxygen atoms in total. The Morgan fingerprint density at radius 2 is 1.94 bits per heavy atom. The highest BCUT2D eigenvalue weighted by Crippen LogP contribution is 2.39. The minimum Gasteiger partial charge on any atom is -0.489 e. The smallest absolute Gasteiger partial charge is 0.307 e. The van der Waals surface area contributed by atoms with E-state index in [1.54, 1.807) is 6.20 Å². The van der Waals surface area contributed by atoms with Gasteiger partial charge in [0.05, 0.1) is 24.0 Å². The van der Waals surface area contributed by atoms with Crippen molar-refractivity contribution in [3.63, 3.8) is 0 Å². The summed E-state index contributed by atoms with van der Waals surface area (Å²) in [5, 5.41) is 9.55. The molecule has 2 aromatic rings. The molecule has 3 heterocycles. The molecule has 6 heteroatoms. The van der Waals surface area contributed by atoms with E-state index in [4.69, 9.17) is 4.74 Å². The molecule has 0 radical (unpaired) electrons. The Balaban J connectivity index is 1.68. The summed E-state index contributed by atoms with van der Waals surface area (Å²) in [7, 11) is 0. The topological polar surface area (TPSA) is 75.6 Å². The second-order valence-corrected chi connectivity index (χ2v) is 9.90. The summed E-state index contributed by atoms with van der Waals surface area (Å²) in [5.41, 5.74) is 4.53. The fourth-order valence-corrected chi connectivity index (χ4v) is 4.48. The van der Waals surface area contributed by atoms with Gasteiger partial charge in [0.2, 0.25) is 0 Å². The van der Waals surface area contributed by atoms with Crippen LogP contribution in [-0.2, 0) is 11.2 Å². The van der Waals surface area contributed by atoms with Crippen molar-refractivity contribution in [2.75, 3.05) is 18.0 Å². The summed E-state index contributed by atoms with van der Waals surface area (Å²) in [5.74, 6) is 0.536. The molecule has 1 aliphatic carbocycles. The summed E-state index contributed by atoms with van der Waals surface area (Å²) in [6, 6.07) is 3.93. The van der Waals surface area contributed by atoms with Gasteiger partial charge in [0.25, 0.3) is 0 Å². The molecule has 0 bridgehead atoms. The highest BCUT2D eigenvalue weighted by molar-refractivity contribution is 5.83. The largest absolute Gasteiger partial charge is 0.489 e. The molecule has 2 fully saturated rings. The molecule has 166 valence electrons. The number of aryl methyl sites for hydroxylation is 1. The van der Waals surface area contributed by atoms with Gasteiger partial charge in [0, 0.05) is 36.1 Å². The van der Waals surface area contributed by atoms with Crippen LogP contribution in [0.15, 0.2) is 24.5 Å². The van der Waals surface area contributed by atoms with Crippen LogP contribution in [0.2, 0.25) is 0 Å². The molecule has 1 saturated heterocycles. The van der Waals surface area contributed by atoms with Crippen molar-refractivity contribution >= 4 is 11.7 Å². The van der Waals surface area contributed by atoms with E-state index in [1.807, 2.05) is 25.3 Å². The number of carboxylic acids is 1. The number of aromatic nitrogens is 2. The number of ether oxygens (including phenoxy) is 1. The van der Waals surface area contributed by atoms with Gasteiger partial charge in [-0.05, 0) is 56.1 Å². The van der Waals surface area contributed by atoms with Crippen LogP contribution in [0.3, 0.4) is 0 Å². The van der Waals surface area contributed by atoms with Crippen molar-refractivity contribution in [1.29, 1.82) is 0 Å². The van der Waals surface area contributed by atoms with Gasteiger partial charge in [-0.1, -0.05) is 20.8 Å². The van der Waals surface area contributed by atoms with Crippen molar-refractivity contribution in [1.82, 2.24) is 9.97 Å². The zero-order valence-corrected chi connectivity index (χ0v) is 19.0. The van der Waals surface area contributed by atoms with Gasteiger partial charge in [-0.3, -0.25) is 14.8 Å². The number of hydrogen-bond donors (Lipinski definition) is 1. The van der Waals surface area contributed by atoms with Crippen LogP contribution in [0.5, 0.6) is 5.75 Å². The second-order valence-electron chi connectivity index (χ2n) is 9.90. The third kappa shape index (κ3) is 4.68. The highest BCUT2D eigenvalue weighted by Gasteiger charge is 2.30. The number of carbonyl (C=O) groups is 1. The maximum atomic E-state index is 11.6. The first-order chi connectivity index (χ1) is 14.7. The number of nitrogens with zero attached hydrogens (tertiary/aromatic N) is 3. The van der Waals surface area contributed by atoms with Gasteiger partial charge in [-0.15, -0.1) is 0 Å². The molecule has 31 heavy (non-hydrogen) atoms. The van der Waals surface area contributed by atoms with E-state index < -0.39 is 5.97 Å². The van der Waals surface area contributed by atoms with E-state index in [9.17, 15) is 9.90 Å². The first-order valence-electron chi connectivity index (χ1n) is 11.3. The molecule has 1 N–H and O–H groups in total.